The molecule has 1 heterocycles. The van der Waals surface area contributed by atoms with E-state index in [1.807, 2.05) is 36.4 Å². The molecule has 2 aromatic rings. The molecule has 0 radical (unpaired) electrons. The lowest BCUT2D eigenvalue weighted by atomic mass is 9.89. The highest BCUT2D eigenvalue weighted by molar-refractivity contribution is 5.85. The second kappa shape index (κ2) is 5.51. The maximum atomic E-state index is 14.0. The van der Waals surface area contributed by atoms with Crippen molar-refractivity contribution in [3.05, 3.63) is 71.0 Å². The number of rotatable bonds is 1. The molecular formula is C15H15ClFN. The SMILES string of the molecule is Cl.Fc1cccc2c1C(c1ccccc1)NCC2. The molecule has 18 heavy (non-hydrogen) atoms. The van der Waals surface area contributed by atoms with Gasteiger partial charge >= 0.3 is 0 Å². The summed E-state index contributed by atoms with van der Waals surface area (Å²) in [4.78, 5) is 0. The van der Waals surface area contributed by atoms with Gasteiger partial charge in [0, 0.05) is 12.1 Å². The highest BCUT2D eigenvalue weighted by Gasteiger charge is 2.23. The summed E-state index contributed by atoms with van der Waals surface area (Å²) < 4.78 is 14.0. The fourth-order valence-electron chi connectivity index (χ4n) is 2.51. The van der Waals surface area contributed by atoms with Crippen LogP contribution in [0.4, 0.5) is 4.39 Å². The summed E-state index contributed by atoms with van der Waals surface area (Å²) in [5, 5.41) is 3.39. The Morgan fingerprint density at radius 3 is 2.56 bits per heavy atom. The van der Waals surface area contributed by atoms with Crippen LogP contribution in [-0.2, 0) is 6.42 Å². The van der Waals surface area contributed by atoms with Gasteiger partial charge in [-0.2, -0.15) is 0 Å². The van der Waals surface area contributed by atoms with E-state index in [1.54, 1.807) is 12.1 Å². The van der Waals surface area contributed by atoms with Gasteiger partial charge in [0.15, 0.2) is 0 Å². The van der Waals surface area contributed by atoms with E-state index in [0.717, 1.165) is 29.7 Å². The Kier molecular flexibility index (Phi) is 4.00. The Morgan fingerprint density at radius 1 is 1.00 bits per heavy atom. The number of fused-ring (bicyclic) bond motifs is 1. The molecule has 0 spiro atoms. The first-order valence-corrected chi connectivity index (χ1v) is 5.92. The first-order valence-electron chi connectivity index (χ1n) is 5.92. The van der Waals surface area contributed by atoms with Crippen molar-refractivity contribution in [3.8, 4) is 0 Å². The van der Waals surface area contributed by atoms with Crippen LogP contribution in [0, 0.1) is 5.82 Å². The Labute approximate surface area is 112 Å². The van der Waals surface area contributed by atoms with Gasteiger partial charge in [0.05, 0.1) is 6.04 Å². The monoisotopic (exact) mass is 263 g/mol. The van der Waals surface area contributed by atoms with Gasteiger partial charge in [0.2, 0.25) is 0 Å². The summed E-state index contributed by atoms with van der Waals surface area (Å²) in [6, 6.07) is 15.4. The number of halogens is 2. The highest BCUT2D eigenvalue weighted by atomic mass is 35.5. The maximum absolute atomic E-state index is 14.0. The van der Waals surface area contributed by atoms with Gasteiger partial charge in [0.1, 0.15) is 5.82 Å². The van der Waals surface area contributed by atoms with Crippen molar-refractivity contribution in [1.29, 1.82) is 0 Å². The van der Waals surface area contributed by atoms with Gasteiger partial charge in [-0.15, -0.1) is 12.4 Å². The third-order valence-electron chi connectivity index (χ3n) is 3.31. The highest BCUT2D eigenvalue weighted by Crippen LogP contribution is 2.30. The molecular weight excluding hydrogens is 249 g/mol. The van der Waals surface area contributed by atoms with Crippen LogP contribution in [0.5, 0.6) is 0 Å². The minimum atomic E-state index is -0.108. The van der Waals surface area contributed by atoms with Crippen molar-refractivity contribution < 1.29 is 4.39 Å². The molecule has 1 N–H and O–H groups in total. The molecule has 3 rings (SSSR count). The van der Waals surface area contributed by atoms with E-state index < -0.39 is 0 Å². The topological polar surface area (TPSA) is 12.0 Å². The fraction of sp³-hybridized carbons (Fsp3) is 0.200. The molecule has 0 bridgehead atoms. The van der Waals surface area contributed by atoms with Crippen LogP contribution in [-0.4, -0.2) is 6.54 Å². The second-order valence-electron chi connectivity index (χ2n) is 4.36. The fourth-order valence-corrected chi connectivity index (χ4v) is 2.51. The smallest absolute Gasteiger partial charge is 0.128 e. The minimum Gasteiger partial charge on any atom is -0.306 e. The molecule has 1 atom stereocenters. The third-order valence-corrected chi connectivity index (χ3v) is 3.31. The van der Waals surface area contributed by atoms with Crippen LogP contribution in [0.2, 0.25) is 0 Å². The zero-order valence-corrected chi connectivity index (χ0v) is 10.7. The van der Waals surface area contributed by atoms with Gasteiger partial charge in [-0.25, -0.2) is 4.39 Å². The Hall–Kier alpha value is -1.38. The van der Waals surface area contributed by atoms with Crippen LogP contribution in [0.15, 0.2) is 48.5 Å². The van der Waals surface area contributed by atoms with Crippen LogP contribution in [0.3, 0.4) is 0 Å². The minimum absolute atomic E-state index is 0. The largest absolute Gasteiger partial charge is 0.306 e. The number of nitrogens with one attached hydrogen (secondary N) is 1. The van der Waals surface area contributed by atoms with E-state index in [4.69, 9.17) is 0 Å². The predicted molar refractivity (Wildman–Crippen MR) is 73.6 cm³/mol. The standard InChI is InChI=1S/C15H14FN.ClH/c16-13-8-4-7-11-9-10-17-15(14(11)13)12-5-2-1-3-6-12;/h1-8,15,17H,9-10H2;1H. The van der Waals surface area contributed by atoms with E-state index in [-0.39, 0.29) is 24.3 Å². The van der Waals surface area contributed by atoms with Gasteiger partial charge in [-0.3, -0.25) is 0 Å². The quantitative estimate of drug-likeness (QED) is 0.831. The zero-order chi connectivity index (χ0) is 11.7. The number of hydrogen-bond donors (Lipinski definition) is 1. The molecule has 3 heteroatoms. The van der Waals surface area contributed by atoms with Gasteiger partial charge in [0.25, 0.3) is 0 Å². The molecule has 1 aliphatic heterocycles. The first-order chi connectivity index (χ1) is 8.36. The molecule has 1 unspecified atom stereocenters. The van der Waals surface area contributed by atoms with Gasteiger partial charge < -0.3 is 5.32 Å². The maximum Gasteiger partial charge on any atom is 0.128 e. The van der Waals surface area contributed by atoms with Crippen LogP contribution in [0.25, 0.3) is 0 Å². The van der Waals surface area contributed by atoms with E-state index in [1.165, 1.54) is 0 Å². The molecule has 94 valence electrons. The molecule has 0 amide bonds. The van der Waals surface area contributed by atoms with E-state index in [2.05, 4.69) is 5.32 Å². The summed E-state index contributed by atoms with van der Waals surface area (Å²) in [6.45, 7) is 0.899. The van der Waals surface area contributed by atoms with E-state index in [9.17, 15) is 4.39 Å². The summed E-state index contributed by atoms with van der Waals surface area (Å²) in [6.07, 6.45) is 0.899. The van der Waals surface area contributed by atoms with Crippen LogP contribution in [0.1, 0.15) is 22.7 Å². The second-order valence-corrected chi connectivity index (χ2v) is 4.36. The van der Waals surface area contributed by atoms with E-state index in [0.29, 0.717) is 0 Å². The summed E-state index contributed by atoms with van der Waals surface area (Å²) in [7, 11) is 0. The van der Waals surface area contributed by atoms with Crippen molar-refractivity contribution in [2.24, 2.45) is 0 Å². The molecule has 0 saturated carbocycles. The predicted octanol–water partition coefficient (Wildman–Crippen LogP) is 3.48. The van der Waals surface area contributed by atoms with Crippen molar-refractivity contribution in [3.63, 3.8) is 0 Å². The first kappa shape index (κ1) is 13.1. The molecule has 0 fully saturated rings. The number of hydrogen-bond acceptors (Lipinski definition) is 1. The normalized spacial score (nSPS) is 17.7. The molecule has 1 aliphatic rings. The molecule has 0 saturated heterocycles. The van der Waals surface area contributed by atoms with Gasteiger partial charge in [-0.05, 0) is 23.6 Å². The summed E-state index contributed by atoms with van der Waals surface area (Å²) in [5.74, 6) is -0.108. The van der Waals surface area contributed by atoms with Crippen molar-refractivity contribution in [1.82, 2.24) is 5.32 Å². The van der Waals surface area contributed by atoms with Crippen molar-refractivity contribution in [2.45, 2.75) is 12.5 Å². The third kappa shape index (κ3) is 2.26. The van der Waals surface area contributed by atoms with Crippen LogP contribution >= 0.6 is 12.4 Å². The molecule has 0 aromatic heterocycles. The summed E-state index contributed by atoms with van der Waals surface area (Å²) in [5.41, 5.74) is 3.06. The van der Waals surface area contributed by atoms with Crippen LogP contribution < -0.4 is 5.32 Å². The number of benzene rings is 2. The summed E-state index contributed by atoms with van der Waals surface area (Å²) >= 11 is 0. The Balaban J connectivity index is 0.00000120. The molecule has 1 nitrogen and oxygen atoms in total. The molecule has 2 aromatic carbocycles. The lowest BCUT2D eigenvalue weighted by Gasteiger charge is -2.27. The lowest BCUT2D eigenvalue weighted by molar-refractivity contribution is 0.518. The average Bonchev–Trinajstić information content (AvgIpc) is 2.39. The lowest BCUT2D eigenvalue weighted by Crippen LogP contribution is -2.31. The molecule has 0 aliphatic carbocycles. The van der Waals surface area contributed by atoms with Gasteiger partial charge in [-0.1, -0.05) is 42.5 Å². The Morgan fingerprint density at radius 2 is 1.78 bits per heavy atom. The zero-order valence-electron chi connectivity index (χ0n) is 9.90. The van der Waals surface area contributed by atoms with Crippen molar-refractivity contribution in [2.75, 3.05) is 6.54 Å². The average molecular weight is 264 g/mol. The van der Waals surface area contributed by atoms with E-state index >= 15 is 0 Å². The van der Waals surface area contributed by atoms with Crippen molar-refractivity contribution >= 4 is 12.4 Å². The Bertz CT molecular complexity index is 527.